The molecule has 0 unspecified atom stereocenters. The van der Waals surface area contributed by atoms with Gasteiger partial charge in [0, 0.05) is 5.33 Å². The number of sulfonamides is 1. The van der Waals surface area contributed by atoms with Crippen LogP contribution in [0.3, 0.4) is 0 Å². The first-order chi connectivity index (χ1) is 9.42. The van der Waals surface area contributed by atoms with Gasteiger partial charge in [-0.15, -0.1) is 0 Å². The molecule has 2 aromatic carbocycles. The number of nitrogens with one attached hydrogen (secondary N) is 1. The van der Waals surface area contributed by atoms with Gasteiger partial charge in [0.15, 0.2) is 0 Å². The fraction of sp³-hybridized carbons (Fsp3) is 0.143. The average molecular weight is 358 g/mol. The summed E-state index contributed by atoms with van der Waals surface area (Å²) in [6.07, 6.45) is 0. The van der Waals surface area contributed by atoms with Crippen LogP contribution in [0, 0.1) is 12.7 Å². The minimum Gasteiger partial charge on any atom is -0.277 e. The number of hydrogen-bond acceptors (Lipinski definition) is 2. The van der Waals surface area contributed by atoms with Crippen molar-refractivity contribution in [1.82, 2.24) is 0 Å². The molecule has 0 aliphatic carbocycles. The van der Waals surface area contributed by atoms with E-state index < -0.39 is 15.8 Å². The van der Waals surface area contributed by atoms with Crippen LogP contribution in [0.25, 0.3) is 0 Å². The maximum Gasteiger partial charge on any atom is 0.261 e. The highest BCUT2D eigenvalue weighted by Gasteiger charge is 2.16. The molecule has 0 saturated heterocycles. The van der Waals surface area contributed by atoms with E-state index in [9.17, 15) is 12.8 Å². The first-order valence-corrected chi connectivity index (χ1v) is 8.47. The van der Waals surface area contributed by atoms with Gasteiger partial charge < -0.3 is 0 Å². The zero-order chi connectivity index (χ0) is 14.8. The average Bonchev–Trinajstić information content (AvgIpc) is 2.43. The van der Waals surface area contributed by atoms with Crippen molar-refractivity contribution in [3.8, 4) is 0 Å². The van der Waals surface area contributed by atoms with Crippen molar-refractivity contribution in [3.05, 3.63) is 59.4 Å². The second-order valence-corrected chi connectivity index (χ2v) is 6.61. The lowest BCUT2D eigenvalue weighted by atomic mass is 10.2. The van der Waals surface area contributed by atoms with Crippen molar-refractivity contribution in [2.75, 3.05) is 4.72 Å². The Morgan fingerprint density at radius 1 is 1.15 bits per heavy atom. The molecule has 2 rings (SSSR count). The molecule has 0 heterocycles. The van der Waals surface area contributed by atoms with E-state index >= 15 is 0 Å². The first kappa shape index (κ1) is 15.0. The molecule has 3 nitrogen and oxygen atoms in total. The van der Waals surface area contributed by atoms with Gasteiger partial charge in [-0.1, -0.05) is 34.1 Å². The summed E-state index contributed by atoms with van der Waals surface area (Å²) >= 11 is 3.29. The summed E-state index contributed by atoms with van der Waals surface area (Å²) < 4.78 is 40.2. The topological polar surface area (TPSA) is 46.2 Å². The van der Waals surface area contributed by atoms with E-state index in [2.05, 4.69) is 20.7 Å². The predicted octanol–water partition coefficient (Wildman–Crippen LogP) is 3.83. The van der Waals surface area contributed by atoms with Crippen LogP contribution in [0.15, 0.2) is 47.4 Å². The number of aryl methyl sites for hydroxylation is 1. The molecule has 0 fully saturated rings. The van der Waals surface area contributed by atoms with E-state index in [1.54, 1.807) is 25.1 Å². The van der Waals surface area contributed by atoms with Gasteiger partial charge in [0.2, 0.25) is 0 Å². The molecule has 0 aliphatic heterocycles. The molecule has 0 aliphatic rings. The summed E-state index contributed by atoms with van der Waals surface area (Å²) in [5.41, 5.74) is 1.69. The maximum atomic E-state index is 13.6. The Morgan fingerprint density at radius 3 is 2.40 bits per heavy atom. The number of anilines is 1. The third-order valence-electron chi connectivity index (χ3n) is 2.75. The van der Waals surface area contributed by atoms with Crippen LogP contribution in [0.4, 0.5) is 10.1 Å². The minimum atomic E-state index is -3.78. The number of hydrogen-bond donors (Lipinski definition) is 1. The molecule has 6 heteroatoms. The molecular formula is C14H13BrFNO2S. The molecular weight excluding hydrogens is 345 g/mol. The van der Waals surface area contributed by atoms with Gasteiger partial charge in [0.25, 0.3) is 10.0 Å². The zero-order valence-electron chi connectivity index (χ0n) is 10.7. The van der Waals surface area contributed by atoms with Crippen molar-refractivity contribution in [1.29, 1.82) is 0 Å². The first-order valence-electron chi connectivity index (χ1n) is 5.86. The highest BCUT2D eigenvalue weighted by molar-refractivity contribution is 9.08. The monoisotopic (exact) mass is 357 g/mol. The quantitative estimate of drug-likeness (QED) is 0.845. The molecule has 0 aromatic heterocycles. The molecule has 0 bridgehead atoms. The van der Waals surface area contributed by atoms with Gasteiger partial charge in [-0.2, -0.15) is 0 Å². The molecule has 2 aromatic rings. The van der Waals surface area contributed by atoms with Crippen molar-refractivity contribution < 1.29 is 12.8 Å². The largest absolute Gasteiger partial charge is 0.277 e. The Morgan fingerprint density at radius 2 is 1.80 bits per heavy atom. The van der Waals surface area contributed by atoms with Crippen LogP contribution < -0.4 is 4.72 Å². The van der Waals surface area contributed by atoms with Gasteiger partial charge in [-0.25, -0.2) is 12.8 Å². The van der Waals surface area contributed by atoms with Gasteiger partial charge in [0.1, 0.15) is 5.82 Å². The summed E-state index contributed by atoms with van der Waals surface area (Å²) in [5, 5.41) is 0.646. The molecule has 1 N–H and O–H groups in total. The standard InChI is InChI=1S/C14H13BrFNO2S/c1-10-2-7-13(16)14(8-10)17-20(18,19)12-5-3-11(9-15)4-6-12/h2-8,17H,9H2,1H3. The Kier molecular flexibility index (Phi) is 4.45. The minimum absolute atomic E-state index is 0.0467. The van der Waals surface area contributed by atoms with Crippen molar-refractivity contribution in [3.63, 3.8) is 0 Å². The van der Waals surface area contributed by atoms with Crippen molar-refractivity contribution in [2.24, 2.45) is 0 Å². The van der Waals surface area contributed by atoms with E-state index in [1.165, 1.54) is 24.3 Å². The highest BCUT2D eigenvalue weighted by atomic mass is 79.9. The predicted molar refractivity (Wildman–Crippen MR) is 81.0 cm³/mol. The lowest BCUT2D eigenvalue weighted by Crippen LogP contribution is -2.14. The zero-order valence-corrected chi connectivity index (χ0v) is 13.1. The Bertz CT molecular complexity index is 714. The summed E-state index contributed by atoms with van der Waals surface area (Å²) in [6, 6.07) is 10.7. The van der Waals surface area contributed by atoms with Gasteiger partial charge in [-0.05, 0) is 42.3 Å². The number of alkyl halides is 1. The maximum absolute atomic E-state index is 13.6. The molecule has 20 heavy (non-hydrogen) atoms. The fourth-order valence-electron chi connectivity index (χ4n) is 1.68. The summed E-state index contributed by atoms with van der Waals surface area (Å²) in [6.45, 7) is 1.77. The van der Waals surface area contributed by atoms with Crippen molar-refractivity contribution >= 4 is 31.6 Å². The molecule has 0 spiro atoms. The molecule has 0 saturated carbocycles. The van der Waals surface area contributed by atoms with E-state index in [1.807, 2.05) is 0 Å². The molecule has 0 atom stereocenters. The second kappa shape index (κ2) is 5.93. The normalized spacial score (nSPS) is 11.3. The third-order valence-corrected chi connectivity index (χ3v) is 4.78. The Balaban J connectivity index is 2.32. The van der Waals surface area contributed by atoms with E-state index in [-0.39, 0.29) is 10.6 Å². The molecule has 0 radical (unpaired) electrons. The third kappa shape index (κ3) is 3.37. The number of rotatable bonds is 4. The molecule has 0 amide bonds. The van der Waals surface area contributed by atoms with Crippen LogP contribution in [-0.4, -0.2) is 8.42 Å². The lowest BCUT2D eigenvalue weighted by molar-refractivity contribution is 0.598. The number of benzene rings is 2. The van der Waals surface area contributed by atoms with Gasteiger partial charge in [0.05, 0.1) is 10.6 Å². The van der Waals surface area contributed by atoms with E-state index in [0.717, 1.165) is 11.1 Å². The Labute approximate surface area is 126 Å². The van der Waals surface area contributed by atoms with Crippen LogP contribution in [0.2, 0.25) is 0 Å². The Hall–Kier alpha value is -1.40. The van der Waals surface area contributed by atoms with Crippen molar-refractivity contribution in [2.45, 2.75) is 17.1 Å². The fourth-order valence-corrected chi connectivity index (χ4v) is 3.11. The van der Waals surface area contributed by atoms with Crippen LogP contribution >= 0.6 is 15.9 Å². The van der Waals surface area contributed by atoms with Crippen LogP contribution in [-0.2, 0) is 15.4 Å². The van der Waals surface area contributed by atoms with E-state index in [4.69, 9.17) is 0 Å². The van der Waals surface area contributed by atoms with E-state index in [0.29, 0.717) is 5.33 Å². The smallest absolute Gasteiger partial charge is 0.261 e. The second-order valence-electron chi connectivity index (χ2n) is 4.37. The molecule has 106 valence electrons. The highest BCUT2D eigenvalue weighted by Crippen LogP contribution is 2.21. The summed E-state index contributed by atoms with van der Waals surface area (Å²) in [7, 11) is -3.78. The van der Waals surface area contributed by atoms with Crippen LogP contribution in [0.1, 0.15) is 11.1 Å². The van der Waals surface area contributed by atoms with Gasteiger partial charge in [-0.3, -0.25) is 4.72 Å². The number of halogens is 2. The SMILES string of the molecule is Cc1ccc(F)c(NS(=O)(=O)c2ccc(CBr)cc2)c1. The summed E-state index contributed by atoms with van der Waals surface area (Å²) in [5.74, 6) is -0.601. The lowest BCUT2D eigenvalue weighted by Gasteiger charge is -2.10. The van der Waals surface area contributed by atoms with Crippen LogP contribution in [0.5, 0.6) is 0 Å². The summed E-state index contributed by atoms with van der Waals surface area (Å²) in [4.78, 5) is 0.100. The van der Waals surface area contributed by atoms with Gasteiger partial charge >= 0.3 is 0 Å².